The second kappa shape index (κ2) is 3.64. The predicted molar refractivity (Wildman–Crippen MR) is 51.4 cm³/mol. The summed E-state index contributed by atoms with van der Waals surface area (Å²) in [6.07, 6.45) is 0.0684. The molecule has 6 heteroatoms. The fourth-order valence-electron chi connectivity index (χ4n) is 1.52. The van der Waals surface area contributed by atoms with Gasteiger partial charge in [0, 0.05) is 11.6 Å². The molecule has 0 aliphatic carbocycles. The third-order valence-electron chi connectivity index (χ3n) is 2.24. The molecule has 0 radical (unpaired) electrons. The zero-order valence-corrected chi connectivity index (χ0v) is 8.16. The molecule has 0 aromatic carbocycles. The first-order valence-corrected chi connectivity index (χ1v) is 4.57. The Morgan fingerprint density at radius 1 is 1.60 bits per heavy atom. The maximum atomic E-state index is 10.6. The largest absolute Gasteiger partial charge is 0.481 e. The van der Waals surface area contributed by atoms with Gasteiger partial charge in [-0.05, 0) is 22.6 Å². The first-order chi connectivity index (χ1) is 7.18. The van der Waals surface area contributed by atoms with Gasteiger partial charge in [-0.3, -0.25) is 4.79 Å². The number of carboxylic acid groups (broad SMARTS) is 1. The number of tetrazole rings is 1. The molecule has 1 atom stereocenters. The number of fused-ring (bicyclic) bond motifs is 1. The Bertz CT molecular complexity index is 494. The molecule has 0 aliphatic heterocycles. The molecule has 0 aliphatic rings. The molecule has 15 heavy (non-hydrogen) atoms. The fourth-order valence-corrected chi connectivity index (χ4v) is 1.52. The third-order valence-corrected chi connectivity index (χ3v) is 2.24. The minimum atomic E-state index is -0.826. The summed E-state index contributed by atoms with van der Waals surface area (Å²) in [4.78, 5) is 10.6. The number of hydrogen-bond acceptors (Lipinski definition) is 4. The number of nitrogens with zero attached hydrogens (tertiary/aromatic N) is 4. The van der Waals surface area contributed by atoms with Crippen molar-refractivity contribution in [2.75, 3.05) is 0 Å². The van der Waals surface area contributed by atoms with E-state index >= 15 is 0 Å². The van der Waals surface area contributed by atoms with Crippen LogP contribution in [0.25, 0.3) is 5.65 Å². The van der Waals surface area contributed by atoms with Crippen molar-refractivity contribution in [2.45, 2.75) is 19.3 Å². The lowest BCUT2D eigenvalue weighted by molar-refractivity contribution is -0.137. The third kappa shape index (κ3) is 1.78. The van der Waals surface area contributed by atoms with Crippen molar-refractivity contribution in [3.63, 3.8) is 0 Å². The number of hydrogen-bond donors (Lipinski definition) is 1. The molecular weight excluding hydrogens is 196 g/mol. The topological polar surface area (TPSA) is 80.4 Å². The highest BCUT2D eigenvalue weighted by atomic mass is 16.4. The van der Waals surface area contributed by atoms with Crippen molar-refractivity contribution in [1.29, 1.82) is 0 Å². The maximum absolute atomic E-state index is 10.6. The summed E-state index contributed by atoms with van der Waals surface area (Å²) < 4.78 is 1.56. The summed E-state index contributed by atoms with van der Waals surface area (Å²) in [5, 5.41) is 19.9. The Hall–Kier alpha value is -1.98. The Morgan fingerprint density at radius 3 is 3.13 bits per heavy atom. The Labute approximate surface area is 85.5 Å². The highest BCUT2D eigenvalue weighted by Crippen LogP contribution is 2.18. The second-order valence-electron chi connectivity index (χ2n) is 3.40. The molecule has 0 amide bonds. The lowest BCUT2D eigenvalue weighted by atomic mass is 10.0. The Morgan fingerprint density at radius 2 is 2.40 bits per heavy atom. The average molecular weight is 206 g/mol. The number of carbonyl (C=O) groups is 1. The molecule has 0 fully saturated rings. The zero-order valence-electron chi connectivity index (χ0n) is 8.16. The second-order valence-corrected chi connectivity index (χ2v) is 3.40. The van der Waals surface area contributed by atoms with Gasteiger partial charge in [0.05, 0.1) is 6.42 Å². The quantitative estimate of drug-likeness (QED) is 0.799. The van der Waals surface area contributed by atoms with Crippen LogP contribution in [0, 0.1) is 0 Å². The van der Waals surface area contributed by atoms with E-state index in [9.17, 15) is 4.79 Å². The van der Waals surface area contributed by atoms with E-state index in [0.29, 0.717) is 5.65 Å². The summed E-state index contributed by atoms with van der Waals surface area (Å²) in [6, 6.07) is 5.42. The number of aliphatic carboxylic acids is 1. The molecular formula is C9H10N4O2. The first-order valence-electron chi connectivity index (χ1n) is 4.57. The van der Waals surface area contributed by atoms with E-state index in [1.54, 1.807) is 10.6 Å². The van der Waals surface area contributed by atoms with Crippen LogP contribution in [0.4, 0.5) is 0 Å². The van der Waals surface area contributed by atoms with Gasteiger partial charge in [0.25, 0.3) is 0 Å². The van der Waals surface area contributed by atoms with Crippen LogP contribution in [-0.2, 0) is 4.79 Å². The minimum Gasteiger partial charge on any atom is -0.481 e. The van der Waals surface area contributed by atoms with E-state index in [1.165, 1.54) is 0 Å². The fraction of sp³-hybridized carbons (Fsp3) is 0.333. The lowest BCUT2D eigenvalue weighted by Crippen LogP contribution is -2.08. The van der Waals surface area contributed by atoms with Crippen molar-refractivity contribution < 1.29 is 9.90 Å². The molecule has 0 saturated carbocycles. The van der Waals surface area contributed by atoms with E-state index in [-0.39, 0.29) is 12.3 Å². The van der Waals surface area contributed by atoms with Crippen LogP contribution in [0.5, 0.6) is 0 Å². The molecule has 1 N–H and O–H groups in total. The molecule has 1 unspecified atom stereocenters. The van der Waals surface area contributed by atoms with Gasteiger partial charge < -0.3 is 5.11 Å². The molecule has 0 spiro atoms. The van der Waals surface area contributed by atoms with E-state index in [4.69, 9.17) is 5.11 Å². The molecule has 2 aromatic rings. The van der Waals surface area contributed by atoms with Crippen molar-refractivity contribution in [1.82, 2.24) is 20.0 Å². The van der Waals surface area contributed by atoms with Crippen molar-refractivity contribution in [3.05, 3.63) is 23.9 Å². The highest BCUT2D eigenvalue weighted by molar-refractivity contribution is 5.67. The summed E-state index contributed by atoms with van der Waals surface area (Å²) in [5.41, 5.74) is 1.43. The van der Waals surface area contributed by atoms with Crippen LogP contribution >= 0.6 is 0 Å². The average Bonchev–Trinajstić information content (AvgIpc) is 2.63. The summed E-state index contributed by atoms with van der Waals surface area (Å²) in [6.45, 7) is 1.84. The van der Waals surface area contributed by atoms with Crippen LogP contribution < -0.4 is 0 Å². The van der Waals surface area contributed by atoms with E-state index in [2.05, 4.69) is 15.5 Å². The molecule has 2 aromatic heterocycles. The van der Waals surface area contributed by atoms with Crippen molar-refractivity contribution in [2.24, 2.45) is 0 Å². The standard InChI is InChI=1S/C9H10N4O2/c1-6(5-9(14)15)7-3-2-4-8-10-11-12-13(7)8/h2-4,6H,5H2,1H3,(H,14,15). The normalized spacial score (nSPS) is 12.9. The van der Waals surface area contributed by atoms with E-state index in [0.717, 1.165) is 5.69 Å². The van der Waals surface area contributed by atoms with Crippen LogP contribution in [0.15, 0.2) is 18.2 Å². The molecule has 6 nitrogen and oxygen atoms in total. The molecule has 2 rings (SSSR count). The van der Waals surface area contributed by atoms with Gasteiger partial charge >= 0.3 is 5.97 Å². The predicted octanol–water partition coefficient (Wildman–Crippen LogP) is 0.702. The van der Waals surface area contributed by atoms with Gasteiger partial charge in [-0.2, -0.15) is 4.52 Å². The van der Waals surface area contributed by atoms with Gasteiger partial charge in [0.1, 0.15) is 0 Å². The summed E-state index contributed by atoms with van der Waals surface area (Å²) in [7, 11) is 0. The zero-order chi connectivity index (χ0) is 10.8. The van der Waals surface area contributed by atoms with Crippen LogP contribution in [0.3, 0.4) is 0 Å². The van der Waals surface area contributed by atoms with Crippen LogP contribution in [0.1, 0.15) is 25.0 Å². The smallest absolute Gasteiger partial charge is 0.304 e. The number of pyridine rings is 1. The van der Waals surface area contributed by atoms with E-state index < -0.39 is 5.97 Å². The SMILES string of the molecule is CC(CC(=O)O)c1cccc2nnnn12. The number of aromatic nitrogens is 4. The molecule has 0 bridgehead atoms. The molecule has 2 heterocycles. The Balaban J connectivity index is 2.42. The number of rotatable bonds is 3. The lowest BCUT2D eigenvalue weighted by Gasteiger charge is -2.09. The molecule has 78 valence electrons. The van der Waals surface area contributed by atoms with Gasteiger partial charge in [0.2, 0.25) is 0 Å². The maximum Gasteiger partial charge on any atom is 0.304 e. The van der Waals surface area contributed by atoms with Gasteiger partial charge in [-0.1, -0.05) is 13.0 Å². The van der Waals surface area contributed by atoms with Gasteiger partial charge in [0.15, 0.2) is 5.65 Å². The summed E-state index contributed by atoms with van der Waals surface area (Å²) in [5.74, 6) is -0.942. The van der Waals surface area contributed by atoms with E-state index in [1.807, 2.05) is 19.1 Å². The number of carboxylic acids is 1. The van der Waals surface area contributed by atoms with Crippen molar-refractivity contribution >= 4 is 11.6 Å². The molecule has 0 saturated heterocycles. The first kappa shape index (κ1) is 9.57. The highest BCUT2D eigenvalue weighted by Gasteiger charge is 2.14. The Kier molecular flexibility index (Phi) is 2.32. The van der Waals surface area contributed by atoms with Gasteiger partial charge in [-0.15, -0.1) is 5.10 Å². The van der Waals surface area contributed by atoms with Gasteiger partial charge in [-0.25, -0.2) is 0 Å². The van der Waals surface area contributed by atoms with Crippen LogP contribution in [-0.4, -0.2) is 31.1 Å². The summed E-state index contributed by atoms with van der Waals surface area (Å²) >= 11 is 0. The minimum absolute atomic E-state index is 0.0684. The van der Waals surface area contributed by atoms with Crippen LogP contribution in [0.2, 0.25) is 0 Å². The van der Waals surface area contributed by atoms with Crippen molar-refractivity contribution in [3.8, 4) is 0 Å². The monoisotopic (exact) mass is 206 g/mol.